The molecule has 0 amide bonds. The molecule has 0 atom stereocenters. The predicted molar refractivity (Wildman–Crippen MR) is 619 cm³/mol. The molecule has 774 valence electrons. The molecule has 9 aromatic carbocycles. The van der Waals surface area contributed by atoms with Gasteiger partial charge in [-0.1, -0.05) is 138 Å². The summed E-state index contributed by atoms with van der Waals surface area (Å²) in [6, 6.07) is 81.5. The van der Waals surface area contributed by atoms with Crippen molar-refractivity contribution >= 4 is 94.6 Å². The first-order chi connectivity index (χ1) is 73.3. The number of benzene rings is 9. The van der Waals surface area contributed by atoms with Crippen LogP contribution in [0.4, 0.5) is 32.8 Å². The Morgan fingerprint density at radius 1 is 0.289 bits per heavy atom. The molecule has 0 spiro atoms. The van der Waals surface area contributed by atoms with E-state index in [1.54, 1.807) is 12.1 Å². The number of rotatable bonds is 30. The van der Waals surface area contributed by atoms with Crippen molar-refractivity contribution < 1.29 is 28.1 Å². The maximum atomic E-state index is 13.0. The van der Waals surface area contributed by atoms with Crippen LogP contribution in [0.1, 0.15) is 198 Å². The average molecular weight is 2010 g/mol. The van der Waals surface area contributed by atoms with Crippen LogP contribution in [0.5, 0.6) is 0 Å². The molecule has 6 aromatic heterocycles. The Kier molecular flexibility index (Phi) is 41.8. The third-order valence-corrected chi connectivity index (χ3v) is 30.2. The molecule has 18 heteroatoms. The predicted octanol–water partition coefficient (Wildman–Crippen LogP) is 28.2. The Labute approximate surface area is 889 Å². The second kappa shape index (κ2) is 57.4. The van der Waals surface area contributed by atoms with Crippen LogP contribution in [0.25, 0.3) is 54.5 Å². The number of nitrogens with zero attached hydrogens (tertiary/aromatic N) is 6. The zero-order chi connectivity index (χ0) is 103. The summed E-state index contributed by atoms with van der Waals surface area (Å²) < 4.78 is 52.2. The van der Waals surface area contributed by atoms with Gasteiger partial charge in [-0.3, -0.25) is 4.98 Å². The van der Waals surface area contributed by atoms with Crippen molar-refractivity contribution in [2.75, 3.05) is 125 Å². The fourth-order valence-corrected chi connectivity index (χ4v) is 21.6. The van der Waals surface area contributed by atoms with Crippen molar-refractivity contribution in [3.05, 3.63) is 321 Å². The molecule has 0 aliphatic carbocycles. The van der Waals surface area contributed by atoms with Crippen LogP contribution >= 0.6 is 11.6 Å². The first-order valence-corrected chi connectivity index (χ1v) is 55.3. The first-order valence-electron chi connectivity index (χ1n) is 55.0. The van der Waals surface area contributed by atoms with E-state index in [0.717, 1.165) is 228 Å². The Balaban J connectivity index is 0.000000133. The molecular formula is C131H151ClFN11O5. The summed E-state index contributed by atoms with van der Waals surface area (Å²) in [5.41, 5.74) is 26.6. The summed E-state index contributed by atoms with van der Waals surface area (Å²) in [5, 5.41) is 24.2. The van der Waals surface area contributed by atoms with Gasteiger partial charge < -0.3 is 73.1 Å². The van der Waals surface area contributed by atoms with E-state index in [9.17, 15) is 4.39 Å². The fourth-order valence-electron chi connectivity index (χ4n) is 21.4. The van der Waals surface area contributed by atoms with E-state index in [2.05, 4.69) is 313 Å². The third kappa shape index (κ3) is 31.4. The smallest absolute Gasteiger partial charge is 0.123 e. The van der Waals surface area contributed by atoms with E-state index >= 15 is 0 Å². The lowest BCUT2D eigenvalue weighted by Gasteiger charge is -2.21. The van der Waals surface area contributed by atoms with Gasteiger partial charge >= 0.3 is 0 Å². The van der Waals surface area contributed by atoms with Gasteiger partial charge in [0.05, 0.1) is 61.2 Å². The Morgan fingerprint density at radius 3 is 0.799 bits per heavy atom. The van der Waals surface area contributed by atoms with E-state index in [1.807, 2.05) is 67.7 Å². The van der Waals surface area contributed by atoms with Gasteiger partial charge in [0.2, 0.25) is 0 Å². The van der Waals surface area contributed by atoms with Gasteiger partial charge in [-0.2, -0.15) is 0 Å². The SMILES string of the molecule is CCn1c(C#CCNc2ccc(C)cc2)cc2c(CCC3CCOCC3)cccc21.CCn1c(C#CCNc2ccc(Cl)cc2)cc2c(CCC3CCOCC3)cccc21.CCn1c(C#CCNc2ccc(F)cc2)cc2c(CCC3CCOCC3)cccc21.CCn1c(C#CCNc2ccccc2)cc2c(CCC3CCOCC3)cccc21.CCn1c(C#CCNc2ccnc(C)c2)cc2c(CCC3CCOCC3)cccc21. The molecule has 0 bridgehead atoms. The summed E-state index contributed by atoms with van der Waals surface area (Å²) in [4.78, 5) is 4.23. The number of ether oxygens (including phenoxy) is 5. The third-order valence-electron chi connectivity index (χ3n) is 30.0. The number of aromatic nitrogens is 6. The first kappa shape index (κ1) is 108. The highest BCUT2D eigenvalue weighted by atomic mass is 35.5. The Morgan fingerprint density at radius 2 is 0.537 bits per heavy atom. The van der Waals surface area contributed by atoms with Gasteiger partial charge in [-0.25, -0.2) is 4.39 Å². The van der Waals surface area contributed by atoms with Gasteiger partial charge in [0, 0.05) is 199 Å². The molecule has 149 heavy (non-hydrogen) atoms. The van der Waals surface area contributed by atoms with Crippen LogP contribution in [-0.4, -0.2) is 127 Å². The van der Waals surface area contributed by atoms with Crippen LogP contribution in [-0.2, 0) is 88.5 Å². The number of halogens is 2. The minimum atomic E-state index is -0.230. The molecule has 5 fully saturated rings. The number of para-hydroxylation sites is 1. The lowest BCUT2D eigenvalue weighted by atomic mass is 9.92. The largest absolute Gasteiger partial charge is 0.381 e. The molecule has 11 heterocycles. The van der Waals surface area contributed by atoms with Crippen LogP contribution in [0.2, 0.25) is 5.02 Å². The van der Waals surface area contributed by atoms with E-state index in [4.69, 9.17) is 35.3 Å². The van der Waals surface area contributed by atoms with Crippen molar-refractivity contribution in [2.24, 2.45) is 29.6 Å². The number of nitrogens with one attached hydrogen (secondary N) is 5. The molecule has 16 nitrogen and oxygen atoms in total. The Hall–Kier alpha value is -13.4. The maximum absolute atomic E-state index is 13.0. The summed E-state index contributed by atoms with van der Waals surface area (Å²) in [7, 11) is 0. The van der Waals surface area contributed by atoms with Crippen molar-refractivity contribution in [1.82, 2.24) is 27.8 Å². The summed E-state index contributed by atoms with van der Waals surface area (Å²) in [5.74, 6) is 37.0. The average Bonchev–Trinajstić information content (AvgIpc) is 1.66. The zero-order valence-electron chi connectivity index (χ0n) is 88.7. The van der Waals surface area contributed by atoms with Crippen LogP contribution in [0.3, 0.4) is 0 Å². The summed E-state index contributed by atoms with van der Waals surface area (Å²) in [6.07, 6.45) is 25.7. The highest BCUT2D eigenvalue weighted by Gasteiger charge is 2.23. The minimum absolute atomic E-state index is 0.230. The van der Waals surface area contributed by atoms with Gasteiger partial charge in [-0.15, -0.1) is 0 Å². The van der Waals surface area contributed by atoms with Crippen molar-refractivity contribution in [1.29, 1.82) is 0 Å². The van der Waals surface area contributed by atoms with E-state index in [0.29, 0.717) is 32.7 Å². The zero-order valence-corrected chi connectivity index (χ0v) is 89.5. The van der Waals surface area contributed by atoms with E-state index < -0.39 is 0 Å². The topological polar surface area (TPSA) is 144 Å². The van der Waals surface area contributed by atoms with Gasteiger partial charge in [-0.05, 0) is 409 Å². The van der Waals surface area contributed by atoms with E-state index in [-0.39, 0.29) is 5.82 Å². The quantitative estimate of drug-likeness (QED) is 0.0275. The molecule has 5 aliphatic rings. The fraction of sp³-hybridized carbons (Fsp3) is 0.397. The lowest BCUT2D eigenvalue weighted by Crippen LogP contribution is -2.16. The molecule has 5 aliphatic heterocycles. The standard InChI is InChI=1S/C27H32N2O.C26H29ClN2O.C26H29FN2O.C26H31N3O.C26H30N2O/c1-3-29-25(7-5-17-28-24-13-9-21(2)10-14-24)20-26-23(6-4-8-27(26)29)12-11-22-15-18-30-19-16-22;2*1-2-29-24(6-4-16-28-23-12-10-22(27)11-13-23)19-25-21(5-3-7-26(25)29)9-8-20-14-17-30-18-15-20;1-3-29-24(7-5-14-28-23-11-15-27-20(2)18-23)19-25-22(6-4-8-26(25)29)10-9-21-12-16-30-17-13-21;1-2-28-24(11-7-17-27-23-9-4-3-5-10-23)20-25-22(8-6-12-26(25)28)14-13-21-15-18-29-19-16-21/h4,6,8-10,13-14,20,22,28H,3,11-12,15-19H2,1-2H3;2*3,5,7,10-13,19-20,28H,2,8-9,14-18H2,1H3;4,6,8,11,15,18-19,21H,3,9-10,12-14,16-17H2,1-2H3,(H,27,28);3-6,8-10,12,20-21,27H,2,13-19H2,1H3. The minimum Gasteiger partial charge on any atom is -0.381 e. The van der Waals surface area contributed by atoms with Crippen LogP contribution < -0.4 is 26.6 Å². The molecule has 15 aromatic rings. The van der Waals surface area contributed by atoms with Gasteiger partial charge in [0.15, 0.2) is 0 Å². The molecule has 20 rings (SSSR count). The van der Waals surface area contributed by atoms with Crippen molar-refractivity contribution in [2.45, 2.75) is 210 Å². The normalized spacial score (nSPS) is 14.5. The van der Waals surface area contributed by atoms with Gasteiger partial charge in [0.1, 0.15) is 5.82 Å². The monoisotopic (exact) mass is 2010 g/mol. The number of anilines is 5. The molecule has 0 radical (unpaired) electrons. The number of fused-ring (bicyclic) bond motifs is 5. The van der Waals surface area contributed by atoms with E-state index in [1.165, 1.54) is 196 Å². The second-order valence-electron chi connectivity index (χ2n) is 39.8. The number of hydrogen-bond acceptors (Lipinski definition) is 11. The van der Waals surface area contributed by atoms with Crippen molar-refractivity contribution in [3.8, 4) is 59.2 Å². The number of hydrogen-bond donors (Lipinski definition) is 5. The maximum Gasteiger partial charge on any atom is 0.123 e. The molecule has 0 unspecified atom stereocenters. The summed E-state index contributed by atoms with van der Waals surface area (Å²) in [6.45, 7) is 31.9. The molecule has 5 saturated heterocycles. The second-order valence-corrected chi connectivity index (χ2v) is 40.2. The molecule has 0 saturated carbocycles. The number of pyridine rings is 1. The highest BCUT2D eigenvalue weighted by Crippen LogP contribution is 2.36. The van der Waals surface area contributed by atoms with Gasteiger partial charge in [0.25, 0.3) is 0 Å². The summed E-state index contributed by atoms with van der Waals surface area (Å²) >= 11 is 5.94. The highest BCUT2D eigenvalue weighted by molar-refractivity contribution is 6.30. The Bertz CT molecular complexity index is 6720. The molecular weight excluding hydrogens is 1860 g/mol. The number of aryl methyl sites for hydroxylation is 12. The lowest BCUT2D eigenvalue weighted by molar-refractivity contribution is 0.0639. The molecule has 5 N–H and O–H groups in total. The van der Waals surface area contributed by atoms with Crippen LogP contribution in [0, 0.1) is 108 Å². The van der Waals surface area contributed by atoms with Crippen molar-refractivity contribution in [3.63, 3.8) is 0 Å². The van der Waals surface area contributed by atoms with Crippen LogP contribution in [0.15, 0.2) is 243 Å².